The molecule has 7 nitrogen and oxygen atoms in total. The highest BCUT2D eigenvalue weighted by molar-refractivity contribution is 7.92. The van der Waals surface area contributed by atoms with Crippen molar-refractivity contribution in [2.24, 2.45) is 0 Å². The third-order valence-corrected chi connectivity index (χ3v) is 8.50. The number of hydrogen-bond acceptors (Lipinski definition) is 4. The van der Waals surface area contributed by atoms with Gasteiger partial charge >= 0.3 is 0 Å². The Hall–Kier alpha value is -3.65. The zero-order valence-electron chi connectivity index (χ0n) is 23.3. The summed E-state index contributed by atoms with van der Waals surface area (Å²) in [6.45, 7) is 7.91. The molecule has 0 saturated carbocycles. The number of sulfonamides is 1. The van der Waals surface area contributed by atoms with Gasteiger partial charge < -0.3 is 10.2 Å². The van der Waals surface area contributed by atoms with E-state index in [1.165, 1.54) is 21.3 Å². The van der Waals surface area contributed by atoms with E-state index in [-0.39, 0.29) is 17.3 Å². The molecule has 1 atom stereocenters. The lowest BCUT2D eigenvalue weighted by Crippen LogP contribution is -2.51. The van der Waals surface area contributed by atoms with Crippen LogP contribution in [0, 0.1) is 6.92 Å². The predicted molar refractivity (Wildman–Crippen MR) is 156 cm³/mol. The number of amides is 2. The van der Waals surface area contributed by atoms with Gasteiger partial charge in [0.15, 0.2) is 0 Å². The minimum Gasteiger partial charge on any atom is -0.354 e. The molecule has 0 aliphatic carbocycles. The van der Waals surface area contributed by atoms with Crippen LogP contribution in [0.3, 0.4) is 0 Å². The maximum atomic E-state index is 14.0. The molecule has 2 amide bonds. The van der Waals surface area contributed by atoms with Crippen LogP contribution < -0.4 is 9.62 Å². The van der Waals surface area contributed by atoms with Crippen LogP contribution in [0.1, 0.15) is 50.3 Å². The minimum absolute atomic E-state index is 0.0964. The molecule has 3 aromatic rings. The summed E-state index contributed by atoms with van der Waals surface area (Å²) in [6.07, 6.45) is 2.36. The Morgan fingerprint density at radius 2 is 1.54 bits per heavy atom. The first-order valence-corrected chi connectivity index (χ1v) is 14.9. The molecule has 208 valence electrons. The summed E-state index contributed by atoms with van der Waals surface area (Å²) >= 11 is 0. The van der Waals surface area contributed by atoms with Crippen LogP contribution in [-0.4, -0.2) is 44.3 Å². The second-order valence-electron chi connectivity index (χ2n) is 9.63. The third-order valence-electron chi connectivity index (χ3n) is 6.72. The van der Waals surface area contributed by atoms with E-state index in [0.29, 0.717) is 18.7 Å². The topological polar surface area (TPSA) is 86.8 Å². The number of nitrogens with one attached hydrogen (secondary N) is 1. The summed E-state index contributed by atoms with van der Waals surface area (Å²) in [4.78, 5) is 28.6. The molecule has 0 aliphatic rings. The van der Waals surface area contributed by atoms with Crippen LogP contribution >= 0.6 is 0 Å². The lowest BCUT2D eigenvalue weighted by atomic mass is 10.1. The van der Waals surface area contributed by atoms with E-state index >= 15 is 0 Å². The molecular weight excluding hydrogens is 510 g/mol. The fourth-order valence-corrected chi connectivity index (χ4v) is 5.77. The third kappa shape index (κ3) is 7.69. The van der Waals surface area contributed by atoms with Crippen LogP contribution in [0.4, 0.5) is 5.69 Å². The van der Waals surface area contributed by atoms with Crippen molar-refractivity contribution in [3.8, 4) is 0 Å². The highest BCUT2D eigenvalue weighted by atomic mass is 32.2. The summed E-state index contributed by atoms with van der Waals surface area (Å²) in [5.74, 6) is -0.727. The summed E-state index contributed by atoms with van der Waals surface area (Å²) in [7, 11) is -4.07. The number of benzene rings is 3. The van der Waals surface area contributed by atoms with Gasteiger partial charge in [-0.15, -0.1) is 0 Å². The Morgan fingerprint density at radius 1 is 0.897 bits per heavy atom. The van der Waals surface area contributed by atoms with Crippen molar-refractivity contribution in [2.75, 3.05) is 17.4 Å². The van der Waals surface area contributed by atoms with Gasteiger partial charge in [0.2, 0.25) is 11.8 Å². The second kappa shape index (κ2) is 13.9. The van der Waals surface area contributed by atoms with Gasteiger partial charge in [0.05, 0.1) is 10.6 Å². The van der Waals surface area contributed by atoms with E-state index < -0.39 is 28.5 Å². The monoisotopic (exact) mass is 549 g/mol. The number of hydrogen-bond donors (Lipinski definition) is 1. The number of anilines is 1. The Bertz CT molecular complexity index is 1340. The summed E-state index contributed by atoms with van der Waals surface area (Å²) in [5, 5.41) is 2.91. The smallest absolute Gasteiger partial charge is 0.264 e. The highest BCUT2D eigenvalue weighted by Crippen LogP contribution is 2.28. The molecule has 39 heavy (non-hydrogen) atoms. The first-order chi connectivity index (χ1) is 18.7. The maximum Gasteiger partial charge on any atom is 0.264 e. The first-order valence-electron chi connectivity index (χ1n) is 13.5. The number of unbranched alkanes of at least 4 members (excludes halogenated alkanes) is 1. The lowest BCUT2D eigenvalue weighted by Gasteiger charge is -2.32. The number of aryl methyl sites for hydroxylation is 2. The molecule has 0 fully saturated rings. The lowest BCUT2D eigenvalue weighted by molar-refractivity contribution is -0.139. The average Bonchev–Trinajstić information content (AvgIpc) is 2.95. The standard InChI is InChI=1S/C31H39N3O4S/c1-5-7-21-32-31(36)25(4)33(22-26-19-17-24(3)18-20-26)30(35)23-34(29-16-12-11-13-27(29)6-2)39(37,38)28-14-9-8-10-15-28/h8-20,25H,5-7,21-23H2,1-4H3,(H,32,36)/t25-/m0/s1. The molecule has 1 N–H and O–H groups in total. The number of rotatable bonds is 13. The molecule has 0 aliphatic heterocycles. The SMILES string of the molecule is CCCCNC(=O)[C@H](C)N(Cc1ccc(C)cc1)C(=O)CN(c1ccccc1CC)S(=O)(=O)c1ccccc1. The number of carbonyl (C=O) groups excluding carboxylic acids is 2. The van der Waals surface area contributed by atoms with E-state index in [1.54, 1.807) is 37.3 Å². The fraction of sp³-hybridized carbons (Fsp3) is 0.355. The highest BCUT2D eigenvalue weighted by Gasteiger charge is 2.33. The van der Waals surface area contributed by atoms with E-state index in [2.05, 4.69) is 5.32 Å². The van der Waals surface area contributed by atoms with Crippen molar-refractivity contribution < 1.29 is 18.0 Å². The number of carbonyl (C=O) groups is 2. The van der Waals surface area contributed by atoms with Crippen LogP contribution in [-0.2, 0) is 32.6 Å². The summed E-state index contributed by atoms with van der Waals surface area (Å²) < 4.78 is 29.0. The van der Waals surface area contributed by atoms with Gasteiger partial charge in [-0.05, 0) is 56.0 Å². The second-order valence-corrected chi connectivity index (χ2v) is 11.5. The summed E-state index contributed by atoms with van der Waals surface area (Å²) in [5.41, 5.74) is 3.19. The minimum atomic E-state index is -4.07. The van der Waals surface area contributed by atoms with Crippen molar-refractivity contribution >= 4 is 27.5 Å². The molecule has 3 aromatic carbocycles. The van der Waals surface area contributed by atoms with E-state index in [9.17, 15) is 18.0 Å². The first kappa shape index (κ1) is 29.9. The van der Waals surface area contributed by atoms with Crippen LogP contribution in [0.2, 0.25) is 0 Å². The average molecular weight is 550 g/mol. The van der Waals surface area contributed by atoms with Crippen molar-refractivity contribution in [1.29, 1.82) is 0 Å². The Morgan fingerprint density at radius 3 is 2.18 bits per heavy atom. The largest absolute Gasteiger partial charge is 0.354 e. The molecular formula is C31H39N3O4S. The van der Waals surface area contributed by atoms with Gasteiger partial charge in [-0.25, -0.2) is 8.42 Å². The molecule has 0 unspecified atom stereocenters. The van der Waals surface area contributed by atoms with Crippen LogP contribution in [0.15, 0.2) is 83.8 Å². The fourth-order valence-electron chi connectivity index (χ4n) is 4.29. The molecule has 0 bridgehead atoms. The number of nitrogens with zero attached hydrogens (tertiary/aromatic N) is 2. The Kier molecular flexibility index (Phi) is 10.7. The maximum absolute atomic E-state index is 14.0. The molecule has 0 aromatic heterocycles. The quantitative estimate of drug-likeness (QED) is 0.301. The van der Waals surface area contributed by atoms with Gasteiger partial charge in [0, 0.05) is 13.1 Å². The van der Waals surface area contributed by atoms with Gasteiger partial charge in [0.1, 0.15) is 12.6 Å². The van der Waals surface area contributed by atoms with Crippen LogP contribution in [0.5, 0.6) is 0 Å². The normalized spacial score (nSPS) is 12.0. The van der Waals surface area contributed by atoms with E-state index in [0.717, 1.165) is 29.5 Å². The summed E-state index contributed by atoms with van der Waals surface area (Å²) in [6, 6.07) is 22.3. The van der Waals surface area contributed by atoms with Crippen molar-refractivity contribution in [3.63, 3.8) is 0 Å². The number of para-hydroxylation sites is 1. The van der Waals surface area contributed by atoms with Gasteiger partial charge in [-0.1, -0.05) is 86.5 Å². The molecule has 8 heteroatoms. The van der Waals surface area contributed by atoms with Crippen molar-refractivity contribution in [3.05, 3.63) is 95.6 Å². The molecule has 0 saturated heterocycles. The molecule has 0 spiro atoms. The van der Waals surface area contributed by atoms with Crippen molar-refractivity contribution in [1.82, 2.24) is 10.2 Å². The molecule has 3 rings (SSSR count). The Labute approximate surface area is 232 Å². The van der Waals surface area contributed by atoms with E-state index in [1.807, 2.05) is 57.2 Å². The predicted octanol–water partition coefficient (Wildman–Crippen LogP) is 5.09. The van der Waals surface area contributed by atoms with E-state index in [4.69, 9.17) is 0 Å². The van der Waals surface area contributed by atoms with Gasteiger partial charge in [-0.2, -0.15) is 0 Å². The molecule has 0 heterocycles. The van der Waals surface area contributed by atoms with Crippen LogP contribution in [0.25, 0.3) is 0 Å². The Balaban J connectivity index is 2.02. The van der Waals surface area contributed by atoms with Gasteiger partial charge in [0.25, 0.3) is 10.0 Å². The van der Waals surface area contributed by atoms with Gasteiger partial charge in [-0.3, -0.25) is 13.9 Å². The van der Waals surface area contributed by atoms with Crippen molar-refractivity contribution in [2.45, 2.75) is 64.4 Å². The molecule has 0 radical (unpaired) electrons. The zero-order valence-corrected chi connectivity index (χ0v) is 24.1. The zero-order chi connectivity index (χ0) is 28.4.